The highest BCUT2D eigenvalue weighted by Gasteiger charge is 2.47. The quantitative estimate of drug-likeness (QED) is 0.0823. The first-order valence-electron chi connectivity index (χ1n) is 25.1. The molecule has 402 valence electrons. The number of rotatable bonds is 20. The third-order valence-electron chi connectivity index (χ3n) is 13.6. The van der Waals surface area contributed by atoms with Crippen LogP contribution in [0.1, 0.15) is 100 Å². The molecule has 2 heterocycles. The first-order valence-corrected chi connectivity index (χ1v) is 25.1. The number of nitrogens with zero attached hydrogens (tertiary/aromatic N) is 2. The molecule has 2 aliphatic rings. The molecule has 20 heteroatoms. The zero-order chi connectivity index (χ0) is 54.7. The summed E-state index contributed by atoms with van der Waals surface area (Å²) in [6, 6.07) is 11.0. The summed E-state index contributed by atoms with van der Waals surface area (Å²) in [7, 11) is 3.24. The molecule has 0 aromatic heterocycles. The lowest BCUT2D eigenvalue weighted by Gasteiger charge is -2.36. The summed E-state index contributed by atoms with van der Waals surface area (Å²) in [5.41, 5.74) is 0.427. The molecule has 0 radical (unpaired) electrons. The lowest BCUT2D eigenvalue weighted by atomic mass is 9.85. The Bertz CT molecular complexity index is 2310. The number of likely N-dealkylation sites (tertiary alicyclic amines) is 2. The molecule has 0 saturated carbocycles. The van der Waals surface area contributed by atoms with E-state index in [9.17, 15) is 47.1 Å². The fourth-order valence-electron chi connectivity index (χ4n) is 8.80. The van der Waals surface area contributed by atoms with E-state index >= 15 is 0 Å². The summed E-state index contributed by atoms with van der Waals surface area (Å²) in [5, 5.41) is 23.1. The molecule has 8 N–H and O–H groups in total. The maximum atomic E-state index is 14.4. The van der Waals surface area contributed by atoms with Crippen molar-refractivity contribution in [2.24, 2.45) is 10.8 Å². The molecule has 2 aliphatic heterocycles. The van der Waals surface area contributed by atoms with Gasteiger partial charge in [0, 0.05) is 49.4 Å². The highest BCUT2D eigenvalue weighted by atomic mass is 19.1. The van der Waals surface area contributed by atoms with Gasteiger partial charge >= 0.3 is 0 Å². The van der Waals surface area contributed by atoms with Crippen molar-refractivity contribution < 1.29 is 47.1 Å². The van der Waals surface area contributed by atoms with Crippen molar-refractivity contribution in [1.82, 2.24) is 52.3 Å². The number of halogens is 2. The lowest BCUT2D eigenvalue weighted by Crippen LogP contribution is -2.59. The highest BCUT2D eigenvalue weighted by molar-refractivity contribution is 5.99. The van der Waals surface area contributed by atoms with Crippen LogP contribution in [0.25, 0.3) is 0 Å². The summed E-state index contributed by atoms with van der Waals surface area (Å²) in [4.78, 5) is 113. The number of hydrogen-bond donors (Lipinski definition) is 8. The lowest BCUT2D eigenvalue weighted by molar-refractivity contribution is -0.144. The van der Waals surface area contributed by atoms with E-state index in [0.29, 0.717) is 12.8 Å². The molecule has 3 aromatic rings. The highest BCUT2D eigenvalue weighted by Crippen LogP contribution is 2.29. The van der Waals surface area contributed by atoms with Gasteiger partial charge in [-0.3, -0.25) is 38.4 Å². The minimum atomic E-state index is -1.02. The Kier molecular flexibility index (Phi) is 20.0. The molecule has 18 nitrogen and oxygen atoms in total. The van der Waals surface area contributed by atoms with Crippen molar-refractivity contribution in [2.45, 2.75) is 129 Å². The second-order valence-corrected chi connectivity index (χ2v) is 21.4. The number of nitrogens with one attached hydrogen (secondary N) is 8. The van der Waals surface area contributed by atoms with E-state index in [1.807, 2.05) is 0 Å². The molecule has 0 unspecified atom stereocenters. The molecule has 2 saturated heterocycles. The molecule has 74 heavy (non-hydrogen) atoms. The largest absolute Gasteiger partial charge is 0.354 e. The molecule has 8 atom stereocenters. The van der Waals surface area contributed by atoms with Gasteiger partial charge in [0.15, 0.2) is 0 Å². The van der Waals surface area contributed by atoms with Gasteiger partial charge in [0.1, 0.15) is 35.8 Å². The monoisotopic (exact) mass is 1030 g/mol. The number of amides is 8. The Balaban J connectivity index is 1.29. The average molecular weight is 1030 g/mol. The summed E-state index contributed by atoms with van der Waals surface area (Å²) in [6.45, 7) is 14.4. The van der Waals surface area contributed by atoms with Gasteiger partial charge in [0.2, 0.25) is 35.4 Å². The Morgan fingerprint density at radius 2 is 0.865 bits per heavy atom. The Hall–Kier alpha value is -6.80. The topological polar surface area (TPSA) is 239 Å². The van der Waals surface area contributed by atoms with Crippen molar-refractivity contribution in [3.05, 3.63) is 107 Å². The van der Waals surface area contributed by atoms with Gasteiger partial charge in [-0.2, -0.15) is 0 Å². The van der Waals surface area contributed by atoms with Crippen LogP contribution < -0.4 is 42.5 Å². The predicted octanol–water partition coefficient (Wildman–Crippen LogP) is 2.36. The van der Waals surface area contributed by atoms with Gasteiger partial charge in [-0.05, 0) is 124 Å². The number of benzene rings is 3. The van der Waals surface area contributed by atoms with Crippen LogP contribution in [0.5, 0.6) is 0 Å². The van der Waals surface area contributed by atoms with Crippen LogP contribution in [0.2, 0.25) is 0 Å². The minimum Gasteiger partial charge on any atom is -0.354 e. The fraction of sp³-hybridized carbons (Fsp3) is 0.519. The van der Waals surface area contributed by atoms with Crippen LogP contribution in [0, 0.1) is 22.5 Å². The molecule has 5 rings (SSSR count). The van der Waals surface area contributed by atoms with E-state index in [4.69, 9.17) is 0 Å². The molecule has 2 fully saturated rings. The van der Waals surface area contributed by atoms with Gasteiger partial charge in [0.05, 0.1) is 12.1 Å². The van der Waals surface area contributed by atoms with E-state index in [1.54, 1.807) is 93.8 Å². The normalized spacial score (nSPS) is 19.4. The third kappa shape index (κ3) is 15.6. The van der Waals surface area contributed by atoms with E-state index in [0.717, 1.165) is 11.1 Å². The second-order valence-electron chi connectivity index (χ2n) is 21.4. The molecule has 0 aliphatic carbocycles. The van der Waals surface area contributed by atoms with E-state index < -0.39 is 106 Å². The van der Waals surface area contributed by atoms with E-state index in [-0.39, 0.29) is 61.8 Å². The summed E-state index contributed by atoms with van der Waals surface area (Å²) >= 11 is 0. The van der Waals surface area contributed by atoms with Crippen molar-refractivity contribution in [3.8, 4) is 0 Å². The molecule has 0 spiro atoms. The fourth-order valence-corrected chi connectivity index (χ4v) is 8.80. The smallest absolute Gasteiger partial charge is 0.251 e. The van der Waals surface area contributed by atoms with Gasteiger partial charge in [0.25, 0.3) is 11.8 Å². The van der Waals surface area contributed by atoms with Crippen molar-refractivity contribution >= 4 is 47.3 Å². The van der Waals surface area contributed by atoms with Crippen molar-refractivity contribution in [3.63, 3.8) is 0 Å². The van der Waals surface area contributed by atoms with Crippen molar-refractivity contribution in [2.75, 3.05) is 40.3 Å². The summed E-state index contributed by atoms with van der Waals surface area (Å²) < 4.78 is 27.0. The molecule has 3 aromatic carbocycles. The summed E-state index contributed by atoms with van der Waals surface area (Å²) in [5.74, 6) is -4.55. The van der Waals surface area contributed by atoms with Gasteiger partial charge < -0.3 is 52.3 Å². The molecular formula is C54H74F2N10O8. The summed E-state index contributed by atoms with van der Waals surface area (Å²) in [6.07, 6.45) is 0.918. The van der Waals surface area contributed by atoms with Crippen LogP contribution >= 0.6 is 0 Å². The Morgan fingerprint density at radius 3 is 1.16 bits per heavy atom. The van der Waals surface area contributed by atoms with Gasteiger partial charge in [-0.15, -0.1) is 0 Å². The number of likely N-dealkylation sites (N-methyl/N-ethyl adjacent to an activating group) is 2. The van der Waals surface area contributed by atoms with E-state index in [2.05, 4.69) is 42.5 Å². The average Bonchev–Trinajstić information content (AvgIpc) is 3.99. The van der Waals surface area contributed by atoms with Crippen LogP contribution in [0.3, 0.4) is 0 Å². The molecule has 0 bridgehead atoms. The first-order chi connectivity index (χ1) is 34.8. The van der Waals surface area contributed by atoms with Crippen LogP contribution in [0.4, 0.5) is 8.78 Å². The molecular weight excluding hydrogens is 955 g/mol. The predicted molar refractivity (Wildman–Crippen MR) is 275 cm³/mol. The number of carbonyl (C=O) groups is 8. The Labute approximate surface area is 432 Å². The second kappa shape index (κ2) is 25.4. The van der Waals surface area contributed by atoms with E-state index in [1.165, 1.54) is 58.3 Å². The SMILES string of the molecule is CN[C@@H](C)C(=O)N[C@H](C(=O)N1C[C@@H](NC(=O)c2ccc(C(=O)N[C@H]3C[C@@H](C(=O)NCCc4ccc(F)cc4)N(C(=O)[C@@H](NC(=O)[C@H](C)NC)C(C)(C)C)C3)cc2)C[C@H]1C(=O)NCCc1ccc(F)cc1)C(C)(C)C. The van der Waals surface area contributed by atoms with Crippen LogP contribution in [-0.2, 0) is 41.6 Å². The zero-order valence-electron chi connectivity index (χ0n) is 44.1. The van der Waals surface area contributed by atoms with Crippen LogP contribution in [-0.4, -0.2) is 146 Å². The third-order valence-corrected chi connectivity index (χ3v) is 13.6. The zero-order valence-corrected chi connectivity index (χ0v) is 44.1. The maximum Gasteiger partial charge on any atom is 0.251 e. The maximum absolute atomic E-state index is 14.4. The minimum absolute atomic E-state index is 0.0444. The van der Waals surface area contributed by atoms with Gasteiger partial charge in [-0.1, -0.05) is 65.8 Å². The number of carbonyl (C=O) groups excluding carboxylic acids is 8. The van der Waals surface area contributed by atoms with Gasteiger partial charge in [-0.25, -0.2) is 8.78 Å². The van der Waals surface area contributed by atoms with Crippen molar-refractivity contribution in [1.29, 1.82) is 0 Å². The standard InChI is InChI=1S/C54H74F2N10O8/c1-31(57-9)45(67)63-43(53(3,4)5)51(73)65-29-39(27-41(65)49(71)59-25-23-33-11-19-37(55)20-12-33)61-47(69)35-15-17-36(18-16-35)48(70)62-40-28-42(50(72)60-26-24-34-13-21-38(56)22-14-34)66(30-40)52(74)44(54(6,7)8)64-46(68)32(2)58-10/h11-22,31-32,39-44,57-58H,23-30H2,1-10H3,(H,59,71)(H,60,72)(H,61,69)(H,62,70)(H,63,67)(H,64,68)/t31-,32-,39-,40-,41-,42-,43+,44+/m0/s1. The Morgan fingerprint density at radius 1 is 0.541 bits per heavy atom. The first kappa shape index (κ1) is 58.1. The molecule has 8 amide bonds. The van der Waals surface area contributed by atoms with Crippen LogP contribution in [0.15, 0.2) is 72.8 Å². The number of hydrogen-bond acceptors (Lipinski definition) is 10.